The van der Waals surface area contributed by atoms with E-state index in [1.165, 1.54) is 36.4 Å². The first kappa shape index (κ1) is 31.2. The number of carbonyl (C=O) groups is 5. The third kappa shape index (κ3) is 9.06. The number of nitrogens with zero attached hydrogens (tertiary/aromatic N) is 3. The smallest absolute Gasteiger partial charge is 0.287 e. The summed E-state index contributed by atoms with van der Waals surface area (Å²) in [5.41, 5.74) is -0.767. The molecule has 4 N–H and O–H groups in total. The number of nitrogens with one attached hydrogen (secondary N) is 4. The van der Waals surface area contributed by atoms with Crippen molar-refractivity contribution in [2.45, 2.75) is 52.1 Å². The van der Waals surface area contributed by atoms with Crippen molar-refractivity contribution >= 4 is 46.7 Å². The summed E-state index contributed by atoms with van der Waals surface area (Å²) < 4.78 is 2.50. The molecule has 0 radical (unpaired) electrons. The van der Waals surface area contributed by atoms with Crippen LogP contribution in [0, 0.1) is 5.92 Å². The number of hydrogen-bond donors (Lipinski definition) is 4. The number of aromatic nitrogens is 3. The predicted octanol–water partition coefficient (Wildman–Crippen LogP) is 0.620. The van der Waals surface area contributed by atoms with Gasteiger partial charge in [0.25, 0.3) is 17.4 Å². The quantitative estimate of drug-likeness (QED) is 0.244. The maximum Gasteiger partial charge on any atom is 0.287 e. The van der Waals surface area contributed by atoms with Crippen molar-refractivity contribution in [3.8, 4) is 0 Å². The lowest BCUT2D eigenvalue weighted by atomic mass is 10.0. The van der Waals surface area contributed by atoms with Crippen molar-refractivity contribution in [1.29, 1.82) is 0 Å². The molecule has 0 aliphatic rings. The molecule has 1 unspecified atom stereocenters. The third-order valence-electron chi connectivity index (χ3n) is 6.18. The molecule has 14 heteroatoms. The lowest BCUT2D eigenvalue weighted by molar-refractivity contribution is -0.137. The molecule has 2 aromatic heterocycles. The fourth-order valence-corrected chi connectivity index (χ4v) is 3.90. The lowest BCUT2D eigenvalue weighted by Crippen LogP contribution is -2.45. The van der Waals surface area contributed by atoms with E-state index in [1.54, 1.807) is 7.05 Å². The summed E-state index contributed by atoms with van der Waals surface area (Å²) in [5.74, 6) is -3.17. The van der Waals surface area contributed by atoms with Gasteiger partial charge in [-0.05, 0) is 18.4 Å². The van der Waals surface area contributed by atoms with Crippen LogP contribution in [0.4, 0.5) is 5.69 Å². The molecule has 2 heterocycles. The highest BCUT2D eigenvalue weighted by Gasteiger charge is 2.26. The minimum Gasteiger partial charge on any atom is -0.354 e. The molecule has 0 aromatic carbocycles. The Kier molecular flexibility index (Phi) is 11.9. The molecule has 0 aliphatic carbocycles. The highest BCUT2D eigenvalue weighted by Crippen LogP contribution is 2.13. The second-order valence-electron chi connectivity index (χ2n) is 8.94. The Hall–Kier alpha value is -4.00. The minimum atomic E-state index is -1.30. The molecule has 1 atom stereocenters. The minimum absolute atomic E-state index is 0.0861. The van der Waals surface area contributed by atoms with Gasteiger partial charge >= 0.3 is 0 Å². The number of Topliss-reactive ketones (excluding diaryl/α,β-unsaturated/α-hetero) is 1. The summed E-state index contributed by atoms with van der Waals surface area (Å²) in [7, 11) is 2.88. The zero-order chi connectivity index (χ0) is 29.1. The molecule has 0 saturated heterocycles. The van der Waals surface area contributed by atoms with Gasteiger partial charge in [-0.2, -0.15) is 0 Å². The number of anilines is 1. The van der Waals surface area contributed by atoms with Crippen LogP contribution in [0.5, 0.6) is 0 Å². The van der Waals surface area contributed by atoms with Crippen LogP contribution in [0.1, 0.15) is 50.0 Å². The lowest BCUT2D eigenvalue weighted by Gasteiger charge is -2.19. The fourth-order valence-electron chi connectivity index (χ4n) is 3.68. The largest absolute Gasteiger partial charge is 0.354 e. The molecule has 212 valence electrons. The van der Waals surface area contributed by atoms with Gasteiger partial charge in [0.05, 0.1) is 17.5 Å². The van der Waals surface area contributed by atoms with Gasteiger partial charge in [-0.1, -0.05) is 38.3 Å². The predicted molar refractivity (Wildman–Crippen MR) is 144 cm³/mol. The van der Waals surface area contributed by atoms with Crippen molar-refractivity contribution < 1.29 is 24.0 Å². The number of likely N-dealkylation sites (N-methyl/N-ethyl adjacent to an activating group) is 1. The third-order valence-corrected chi connectivity index (χ3v) is 6.39. The molecule has 0 spiro atoms. The number of rotatable bonds is 14. The summed E-state index contributed by atoms with van der Waals surface area (Å²) >= 11 is 6.15. The first-order valence-corrected chi connectivity index (χ1v) is 12.9. The van der Waals surface area contributed by atoms with Crippen molar-refractivity contribution in [3.63, 3.8) is 0 Å². The van der Waals surface area contributed by atoms with E-state index in [9.17, 15) is 28.8 Å². The molecular weight excluding hydrogens is 530 g/mol. The van der Waals surface area contributed by atoms with Gasteiger partial charge in [0.1, 0.15) is 24.0 Å². The van der Waals surface area contributed by atoms with Crippen molar-refractivity contribution in [2.24, 2.45) is 13.0 Å². The van der Waals surface area contributed by atoms with Gasteiger partial charge < -0.3 is 30.4 Å². The van der Waals surface area contributed by atoms with E-state index in [2.05, 4.69) is 26.3 Å². The second-order valence-corrected chi connectivity index (χ2v) is 9.37. The van der Waals surface area contributed by atoms with Crippen LogP contribution in [0.3, 0.4) is 0 Å². The Labute approximate surface area is 230 Å². The first-order chi connectivity index (χ1) is 18.5. The molecule has 0 aliphatic heterocycles. The number of amides is 4. The van der Waals surface area contributed by atoms with Crippen LogP contribution in [-0.4, -0.2) is 63.2 Å². The van der Waals surface area contributed by atoms with Crippen LogP contribution < -0.4 is 26.8 Å². The van der Waals surface area contributed by atoms with E-state index in [-0.39, 0.29) is 35.8 Å². The number of pyridine rings is 1. The fraction of sp³-hybridized carbons (Fsp3) is 0.480. The SMILES string of the molecule is CCC(CC)CNC(=O)Cn1cc(Cl)cc(NC(=O)C(CCC(=O)C(=O)NC)NC(=O)c2cncn2C)c1=O. The number of carbonyl (C=O) groups excluding carboxylic acids is 5. The molecule has 2 rings (SSSR count). The van der Waals surface area contributed by atoms with Crippen LogP contribution >= 0.6 is 11.6 Å². The van der Waals surface area contributed by atoms with Crippen LogP contribution in [0.15, 0.2) is 29.6 Å². The molecular formula is C25H34ClN7O6. The van der Waals surface area contributed by atoms with Gasteiger partial charge in [-0.3, -0.25) is 28.8 Å². The molecule has 39 heavy (non-hydrogen) atoms. The number of aryl methyl sites for hydroxylation is 1. The Morgan fingerprint density at radius 3 is 2.41 bits per heavy atom. The molecule has 13 nitrogen and oxygen atoms in total. The van der Waals surface area contributed by atoms with Gasteiger partial charge in [0.15, 0.2) is 0 Å². The van der Waals surface area contributed by atoms with E-state index in [0.29, 0.717) is 12.5 Å². The standard InChI is InChI=1S/C25H34ClN7O6/c1-5-15(6-2)10-29-21(35)13-33-12-16(26)9-18(25(33)39)31-22(36)17(7-8-20(34)24(38)27-3)30-23(37)19-11-28-14-32(19)4/h9,11-12,14-15,17H,5-8,10,13H2,1-4H3,(H,27,38)(H,29,35)(H,30,37)(H,31,36). The van der Waals surface area contributed by atoms with E-state index >= 15 is 0 Å². The van der Waals surface area contributed by atoms with E-state index in [0.717, 1.165) is 17.4 Å². The van der Waals surface area contributed by atoms with E-state index in [4.69, 9.17) is 11.6 Å². The summed E-state index contributed by atoms with van der Waals surface area (Å²) in [6.45, 7) is 4.20. The normalized spacial score (nSPS) is 11.5. The first-order valence-electron chi connectivity index (χ1n) is 12.5. The van der Waals surface area contributed by atoms with Crippen molar-refractivity contribution in [3.05, 3.63) is 45.9 Å². The highest BCUT2D eigenvalue weighted by molar-refractivity contribution is 6.36. The molecule has 2 aromatic rings. The van der Waals surface area contributed by atoms with Gasteiger partial charge in [-0.25, -0.2) is 4.98 Å². The average molecular weight is 564 g/mol. The summed E-state index contributed by atoms with van der Waals surface area (Å²) in [6, 6.07) is -0.0769. The van der Waals surface area contributed by atoms with E-state index in [1.807, 2.05) is 13.8 Å². The summed E-state index contributed by atoms with van der Waals surface area (Å²) in [4.78, 5) is 78.8. The number of halogens is 1. The molecule has 0 saturated carbocycles. The Morgan fingerprint density at radius 2 is 1.82 bits per heavy atom. The van der Waals surface area contributed by atoms with Crippen molar-refractivity contribution in [2.75, 3.05) is 18.9 Å². The molecule has 0 fully saturated rings. The maximum atomic E-state index is 13.2. The van der Waals surface area contributed by atoms with Crippen LogP contribution in [-0.2, 0) is 32.8 Å². The van der Waals surface area contributed by atoms with Gasteiger partial charge in [0.2, 0.25) is 17.6 Å². The monoisotopic (exact) mass is 563 g/mol. The zero-order valence-corrected chi connectivity index (χ0v) is 23.1. The average Bonchev–Trinajstić information content (AvgIpc) is 3.34. The molecule has 0 bridgehead atoms. The highest BCUT2D eigenvalue weighted by atomic mass is 35.5. The number of ketones is 1. The Morgan fingerprint density at radius 1 is 1.13 bits per heavy atom. The number of imidazole rings is 1. The number of hydrogen-bond acceptors (Lipinski definition) is 7. The van der Waals surface area contributed by atoms with Crippen molar-refractivity contribution in [1.82, 2.24) is 30.1 Å². The summed E-state index contributed by atoms with van der Waals surface area (Å²) in [6.07, 6.45) is 5.20. The van der Waals surface area contributed by atoms with E-state index < -0.39 is 41.0 Å². The summed E-state index contributed by atoms with van der Waals surface area (Å²) in [5, 5.41) is 10.0. The zero-order valence-electron chi connectivity index (χ0n) is 22.4. The van der Waals surface area contributed by atoms with Gasteiger partial charge in [0, 0.05) is 33.3 Å². The van der Waals surface area contributed by atoms with Crippen LogP contribution in [0.25, 0.3) is 0 Å². The molecule has 4 amide bonds. The maximum absolute atomic E-state index is 13.2. The van der Waals surface area contributed by atoms with Crippen LogP contribution in [0.2, 0.25) is 5.02 Å². The van der Waals surface area contributed by atoms with Gasteiger partial charge in [-0.15, -0.1) is 0 Å². The Bertz CT molecular complexity index is 1270. The Balaban J connectivity index is 2.22. The topological polar surface area (TPSA) is 173 Å². The second kappa shape index (κ2) is 14.8.